The highest BCUT2D eigenvalue weighted by atomic mass is 16.3. The largest absolute Gasteiger partial charge is 0.507 e. The first kappa shape index (κ1) is 26.6. The molecule has 0 saturated heterocycles. The number of rotatable bonds is 3. The summed E-state index contributed by atoms with van der Waals surface area (Å²) in [6.45, 7) is 20.0. The van der Waals surface area contributed by atoms with Gasteiger partial charge in [0.2, 0.25) is 0 Å². The van der Waals surface area contributed by atoms with Gasteiger partial charge in [0.15, 0.2) is 0 Å². The summed E-state index contributed by atoms with van der Waals surface area (Å²) in [6, 6.07) is 8.95. The molecule has 4 saturated carbocycles. The lowest BCUT2D eigenvalue weighted by molar-refractivity contribution is -0.00623. The minimum atomic E-state index is -0.167. The molecule has 0 unspecified atom stereocenters. The molecule has 0 amide bonds. The Morgan fingerprint density at radius 3 is 1.49 bits per heavy atom. The van der Waals surface area contributed by atoms with Crippen molar-refractivity contribution >= 4 is 0 Å². The minimum absolute atomic E-state index is 0.00856. The average Bonchev–Trinajstić information content (AvgIpc) is 2.72. The van der Waals surface area contributed by atoms with Gasteiger partial charge in [-0.2, -0.15) is 0 Å². The molecule has 2 aromatic rings. The lowest BCUT2D eigenvalue weighted by Crippen LogP contribution is -2.48. The molecule has 2 N–H and O–H groups in total. The fraction of sp³-hybridized carbons (Fsp3) is 0.657. The number of aromatic hydroxyl groups is 2. The van der Waals surface area contributed by atoms with Gasteiger partial charge in [0.1, 0.15) is 11.5 Å². The Morgan fingerprint density at radius 1 is 0.622 bits per heavy atom. The van der Waals surface area contributed by atoms with Crippen LogP contribution in [0.5, 0.6) is 11.5 Å². The van der Waals surface area contributed by atoms with E-state index < -0.39 is 0 Å². The smallest absolute Gasteiger partial charge is 0.122 e. The summed E-state index contributed by atoms with van der Waals surface area (Å²) in [5.74, 6) is 3.36. The van der Waals surface area contributed by atoms with Crippen molar-refractivity contribution in [2.45, 2.75) is 129 Å². The van der Waals surface area contributed by atoms with Gasteiger partial charge in [-0.05, 0) is 106 Å². The van der Waals surface area contributed by atoms with E-state index in [4.69, 9.17) is 0 Å². The van der Waals surface area contributed by atoms with Crippen LogP contribution in [0.3, 0.4) is 0 Å². The monoisotopic (exact) mass is 502 g/mol. The summed E-state index contributed by atoms with van der Waals surface area (Å²) in [6.07, 6.45) is 8.45. The lowest BCUT2D eigenvalue weighted by Gasteiger charge is -2.57. The first-order chi connectivity index (χ1) is 17.0. The maximum absolute atomic E-state index is 12.0. The average molecular weight is 503 g/mol. The normalized spacial score (nSPS) is 27.6. The van der Waals surface area contributed by atoms with Gasteiger partial charge in [-0.15, -0.1) is 0 Å². The van der Waals surface area contributed by atoms with Crippen molar-refractivity contribution in [1.29, 1.82) is 0 Å². The summed E-state index contributed by atoms with van der Waals surface area (Å²) in [5.41, 5.74) is 6.55. The van der Waals surface area contributed by atoms with E-state index in [0.29, 0.717) is 17.9 Å². The van der Waals surface area contributed by atoms with Crippen molar-refractivity contribution in [1.82, 2.24) is 0 Å². The summed E-state index contributed by atoms with van der Waals surface area (Å²) in [4.78, 5) is 0. The van der Waals surface area contributed by atoms with E-state index >= 15 is 0 Å². The van der Waals surface area contributed by atoms with Crippen LogP contribution in [-0.2, 0) is 28.1 Å². The predicted molar refractivity (Wildman–Crippen MR) is 155 cm³/mol. The Labute approximate surface area is 225 Å². The predicted octanol–water partition coefficient (Wildman–Crippen LogP) is 9.05. The molecule has 0 heterocycles. The molecule has 4 aliphatic rings. The summed E-state index contributed by atoms with van der Waals surface area (Å²) in [5, 5.41) is 23.5. The second-order valence-corrected chi connectivity index (χ2v) is 16.2. The maximum Gasteiger partial charge on any atom is 0.122 e. The van der Waals surface area contributed by atoms with Gasteiger partial charge in [0.05, 0.1) is 0 Å². The zero-order chi connectivity index (χ0) is 27.1. The van der Waals surface area contributed by atoms with Crippen LogP contribution in [0.25, 0.3) is 0 Å². The quantitative estimate of drug-likeness (QED) is 0.439. The standard InChI is InChI=1S/C35H50O2/c1-32(2,3)26-14-24(30(36)28(16-26)34(7,8)9)13-25-15-27(33(4,5)6)17-29(31(25)37)35-18-21-10-22(19-35)12-23(11-21)20-35/h14-17,21-23,36-37H,10-13,18-20H2,1-9H3. The highest BCUT2D eigenvalue weighted by Gasteiger charge is 2.52. The molecule has 2 heteroatoms. The van der Waals surface area contributed by atoms with E-state index in [9.17, 15) is 10.2 Å². The maximum atomic E-state index is 12.0. The molecule has 0 atom stereocenters. The first-order valence-electron chi connectivity index (χ1n) is 14.7. The Hall–Kier alpha value is -1.96. The van der Waals surface area contributed by atoms with Crippen LogP contribution in [0.4, 0.5) is 0 Å². The summed E-state index contributed by atoms with van der Waals surface area (Å²) >= 11 is 0. The third kappa shape index (κ3) is 4.83. The number of hydrogen-bond acceptors (Lipinski definition) is 2. The van der Waals surface area contributed by atoms with E-state index in [0.717, 1.165) is 34.4 Å². The number of phenolic OH excluding ortho intramolecular Hbond substituents is 2. The molecule has 0 spiro atoms. The molecule has 202 valence electrons. The van der Waals surface area contributed by atoms with Crippen molar-refractivity contribution in [2.24, 2.45) is 17.8 Å². The molecule has 0 aromatic heterocycles. The van der Waals surface area contributed by atoms with Gasteiger partial charge in [-0.3, -0.25) is 0 Å². The van der Waals surface area contributed by atoms with E-state index in [-0.39, 0.29) is 21.7 Å². The van der Waals surface area contributed by atoms with Crippen molar-refractivity contribution in [3.05, 3.63) is 57.6 Å². The second kappa shape index (κ2) is 8.52. The third-order valence-electron chi connectivity index (χ3n) is 9.91. The fourth-order valence-electron chi connectivity index (χ4n) is 8.15. The van der Waals surface area contributed by atoms with Gasteiger partial charge in [0, 0.05) is 12.0 Å². The van der Waals surface area contributed by atoms with Crippen molar-refractivity contribution in [3.8, 4) is 11.5 Å². The topological polar surface area (TPSA) is 40.5 Å². The van der Waals surface area contributed by atoms with E-state index in [1.807, 2.05) is 0 Å². The molecule has 0 radical (unpaired) electrons. The number of benzene rings is 2. The van der Waals surface area contributed by atoms with Crippen LogP contribution < -0.4 is 0 Å². The molecule has 2 nitrogen and oxygen atoms in total. The van der Waals surface area contributed by atoms with Crippen LogP contribution in [0.15, 0.2) is 24.3 Å². The highest BCUT2D eigenvalue weighted by Crippen LogP contribution is 2.62. The SMILES string of the molecule is CC(C)(C)c1cc(Cc2cc(C(C)(C)C)cc(C34CC5CC(CC(C5)C3)C4)c2O)c(O)c(C(C)(C)C)c1. The van der Waals surface area contributed by atoms with Gasteiger partial charge < -0.3 is 10.2 Å². The highest BCUT2D eigenvalue weighted by molar-refractivity contribution is 5.55. The van der Waals surface area contributed by atoms with Crippen molar-refractivity contribution in [2.75, 3.05) is 0 Å². The molecular formula is C35H50O2. The minimum Gasteiger partial charge on any atom is -0.507 e. The second-order valence-electron chi connectivity index (χ2n) is 16.2. The summed E-state index contributed by atoms with van der Waals surface area (Å²) in [7, 11) is 0. The Kier molecular flexibility index (Phi) is 6.13. The van der Waals surface area contributed by atoms with Gasteiger partial charge in [-0.25, -0.2) is 0 Å². The van der Waals surface area contributed by atoms with E-state index in [1.54, 1.807) is 0 Å². The van der Waals surface area contributed by atoms with Crippen LogP contribution in [-0.4, -0.2) is 10.2 Å². The van der Waals surface area contributed by atoms with E-state index in [2.05, 4.69) is 86.6 Å². The van der Waals surface area contributed by atoms with Crippen LogP contribution in [0, 0.1) is 17.8 Å². The number of phenols is 2. The first-order valence-corrected chi connectivity index (χ1v) is 14.7. The Balaban J connectivity index is 1.66. The van der Waals surface area contributed by atoms with Gasteiger partial charge >= 0.3 is 0 Å². The number of hydrogen-bond donors (Lipinski definition) is 2. The van der Waals surface area contributed by atoms with Crippen molar-refractivity contribution < 1.29 is 10.2 Å². The molecular weight excluding hydrogens is 452 g/mol. The Morgan fingerprint density at radius 2 is 1.05 bits per heavy atom. The molecule has 2 aromatic carbocycles. The summed E-state index contributed by atoms with van der Waals surface area (Å²) < 4.78 is 0. The van der Waals surface area contributed by atoms with Crippen molar-refractivity contribution in [3.63, 3.8) is 0 Å². The molecule has 6 rings (SSSR count). The van der Waals surface area contributed by atoms with Gasteiger partial charge in [-0.1, -0.05) is 86.6 Å². The Bertz CT molecular complexity index is 1160. The van der Waals surface area contributed by atoms with Gasteiger partial charge in [0.25, 0.3) is 0 Å². The third-order valence-corrected chi connectivity index (χ3v) is 9.91. The molecule has 4 fully saturated rings. The lowest BCUT2D eigenvalue weighted by atomic mass is 9.47. The van der Waals surface area contributed by atoms with Crippen LogP contribution >= 0.6 is 0 Å². The molecule has 4 aliphatic carbocycles. The zero-order valence-corrected chi connectivity index (χ0v) is 24.9. The van der Waals surface area contributed by atoms with Crippen LogP contribution in [0.2, 0.25) is 0 Å². The molecule has 37 heavy (non-hydrogen) atoms. The fourth-order valence-corrected chi connectivity index (χ4v) is 8.15. The molecule has 4 bridgehead atoms. The zero-order valence-electron chi connectivity index (χ0n) is 24.9. The van der Waals surface area contributed by atoms with E-state index in [1.165, 1.54) is 55.2 Å². The molecule has 0 aliphatic heterocycles. The van der Waals surface area contributed by atoms with Crippen LogP contribution in [0.1, 0.15) is 134 Å².